The maximum Gasteiger partial charge on any atom is 0.308 e. The second-order valence-electron chi connectivity index (χ2n) is 7.82. The first-order chi connectivity index (χ1) is 18.0. The van der Waals surface area contributed by atoms with Crippen LogP contribution in [0.5, 0.6) is 11.5 Å². The van der Waals surface area contributed by atoms with Gasteiger partial charge in [-0.15, -0.1) is 0 Å². The molecule has 12 heteroatoms. The van der Waals surface area contributed by atoms with E-state index in [1.54, 1.807) is 24.3 Å². The van der Waals surface area contributed by atoms with Gasteiger partial charge in [-0.2, -0.15) is 0 Å². The zero-order valence-electron chi connectivity index (χ0n) is 19.6. The summed E-state index contributed by atoms with van der Waals surface area (Å²) < 4.78 is 11.5. The highest BCUT2D eigenvalue weighted by molar-refractivity contribution is 6.45. The number of ether oxygens (including phenoxy) is 2. The van der Waals surface area contributed by atoms with Gasteiger partial charge < -0.3 is 14.5 Å². The molecule has 0 radical (unpaired) electrons. The summed E-state index contributed by atoms with van der Waals surface area (Å²) in [6.07, 6.45) is 0. The SMILES string of the molecule is CC(=O)Oc1ccccc1C(=O)c1[nH]c(Cl)c(Cl)c1-n1c(C(=O)c2ccccc2OC(C)=O)cc(Cl)c1Cl. The van der Waals surface area contributed by atoms with E-state index in [1.807, 2.05) is 0 Å². The van der Waals surface area contributed by atoms with Crippen LogP contribution in [0.3, 0.4) is 0 Å². The number of carbonyl (C=O) groups excluding carboxylic acids is 4. The third kappa shape index (κ3) is 5.21. The van der Waals surface area contributed by atoms with Gasteiger partial charge in [0.2, 0.25) is 11.6 Å². The Hall–Kier alpha value is -3.56. The Balaban J connectivity index is 1.92. The van der Waals surface area contributed by atoms with Crippen LogP contribution in [0.15, 0.2) is 54.6 Å². The topological polar surface area (TPSA) is 107 Å². The molecule has 0 unspecified atom stereocenters. The van der Waals surface area contributed by atoms with Crippen molar-refractivity contribution in [3.05, 3.63) is 97.5 Å². The highest BCUT2D eigenvalue weighted by Crippen LogP contribution is 2.40. The van der Waals surface area contributed by atoms with E-state index < -0.39 is 23.5 Å². The number of ketones is 2. The number of nitrogens with zero attached hydrogens (tertiary/aromatic N) is 1. The second-order valence-corrected chi connectivity index (χ2v) is 9.34. The summed E-state index contributed by atoms with van der Waals surface area (Å²) in [5.74, 6) is -2.55. The minimum atomic E-state index is -0.662. The predicted molar refractivity (Wildman–Crippen MR) is 143 cm³/mol. The Labute approximate surface area is 236 Å². The van der Waals surface area contributed by atoms with Crippen molar-refractivity contribution >= 4 is 69.9 Å². The molecule has 2 aromatic heterocycles. The van der Waals surface area contributed by atoms with Gasteiger partial charge in [-0.1, -0.05) is 70.7 Å². The third-order valence-corrected chi connectivity index (χ3v) is 6.73. The number of H-pyrrole nitrogens is 1. The quantitative estimate of drug-likeness (QED) is 0.145. The van der Waals surface area contributed by atoms with Crippen LogP contribution in [-0.4, -0.2) is 33.1 Å². The Bertz CT molecular complexity index is 1500. The monoisotopic (exact) mass is 592 g/mol. The van der Waals surface area contributed by atoms with Gasteiger partial charge in [0.05, 0.1) is 27.5 Å². The number of aromatic amines is 1. The predicted octanol–water partition coefficient (Wildman–Crippen LogP) is 6.73. The summed E-state index contributed by atoms with van der Waals surface area (Å²) in [6.45, 7) is 2.40. The lowest BCUT2D eigenvalue weighted by Crippen LogP contribution is -2.15. The average molecular weight is 594 g/mol. The number of para-hydroxylation sites is 2. The fourth-order valence-corrected chi connectivity index (χ4v) is 4.55. The van der Waals surface area contributed by atoms with Gasteiger partial charge >= 0.3 is 11.9 Å². The molecular weight excluding hydrogens is 578 g/mol. The number of nitrogens with one attached hydrogen (secondary N) is 1. The van der Waals surface area contributed by atoms with Gasteiger partial charge in [0.15, 0.2) is 0 Å². The van der Waals surface area contributed by atoms with Crippen LogP contribution in [0, 0.1) is 0 Å². The summed E-state index contributed by atoms with van der Waals surface area (Å²) in [5, 5.41) is -0.405. The molecule has 0 aliphatic carbocycles. The molecule has 0 bridgehead atoms. The van der Waals surface area contributed by atoms with Gasteiger partial charge in [-0.3, -0.25) is 23.7 Å². The van der Waals surface area contributed by atoms with Crippen molar-refractivity contribution in [3.63, 3.8) is 0 Å². The second kappa shape index (κ2) is 11.0. The fourth-order valence-electron chi connectivity index (χ4n) is 3.72. The van der Waals surface area contributed by atoms with E-state index in [4.69, 9.17) is 55.9 Å². The van der Waals surface area contributed by atoms with E-state index in [9.17, 15) is 19.2 Å². The first kappa shape index (κ1) is 27.5. The summed E-state index contributed by atoms with van der Waals surface area (Å²) in [4.78, 5) is 53.2. The summed E-state index contributed by atoms with van der Waals surface area (Å²) >= 11 is 25.6. The summed E-state index contributed by atoms with van der Waals surface area (Å²) in [7, 11) is 0. The Kier molecular flexibility index (Phi) is 7.99. The van der Waals surface area contributed by atoms with Gasteiger partial charge in [0.25, 0.3) is 0 Å². The maximum absolute atomic E-state index is 13.7. The van der Waals surface area contributed by atoms with Crippen molar-refractivity contribution in [2.75, 3.05) is 0 Å². The van der Waals surface area contributed by atoms with Crippen molar-refractivity contribution in [1.82, 2.24) is 9.55 Å². The smallest absolute Gasteiger partial charge is 0.308 e. The molecule has 0 aliphatic heterocycles. The molecule has 1 N–H and O–H groups in total. The lowest BCUT2D eigenvalue weighted by molar-refractivity contribution is -0.132. The van der Waals surface area contributed by atoms with Crippen molar-refractivity contribution in [3.8, 4) is 17.2 Å². The Morgan fingerprint density at radius 2 is 1.26 bits per heavy atom. The van der Waals surface area contributed by atoms with Crippen molar-refractivity contribution in [2.45, 2.75) is 13.8 Å². The minimum Gasteiger partial charge on any atom is -0.426 e. The van der Waals surface area contributed by atoms with Gasteiger partial charge in [-0.25, -0.2) is 0 Å². The first-order valence-corrected chi connectivity index (χ1v) is 12.3. The van der Waals surface area contributed by atoms with E-state index in [-0.39, 0.29) is 60.1 Å². The lowest BCUT2D eigenvalue weighted by Gasteiger charge is -2.14. The van der Waals surface area contributed by atoms with Gasteiger partial charge in [0, 0.05) is 13.8 Å². The molecule has 0 atom stereocenters. The van der Waals surface area contributed by atoms with Crippen LogP contribution in [-0.2, 0) is 9.59 Å². The molecule has 4 aromatic rings. The number of carbonyl (C=O) groups is 4. The highest BCUT2D eigenvalue weighted by atomic mass is 35.5. The summed E-state index contributed by atoms with van der Waals surface area (Å²) in [6, 6.07) is 13.4. The van der Waals surface area contributed by atoms with E-state index in [2.05, 4.69) is 4.98 Å². The minimum absolute atomic E-state index is 0.000962. The highest BCUT2D eigenvalue weighted by Gasteiger charge is 2.31. The first-order valence-electron chi connectivity index (χ1n) is 10.8. The zero-order valence-corrected chi connectivity index (χ0v) is 22.6. The van der Waals surface area contributed by atoms with Crippen LogP contribution in [0.1, 0.15) is 46.0 Å². The normalized spacial score (nSPS) is 10.8. The largest absolute Gasteiger partial charge is 0.426 e. The average Bonchev–Trinajstić information content (AvgIpc) is 3.32. The van der Waals surface area contributed by atoms with Crippen molar-refractivity contribution in [1.29, 1.82) is 0 Å². The molecule has 4 rings (SSSR count). The molecule has 0 amide bonds. The molecule has 0 spiro atoms. The molecule has 0 aliphatic rings. The van der Waals surface area contributed by atoms with E-state index in [0.717, 1.165) is 0 Å². The van der Waals surface area contributed by atoms with E-state index in [1.165, 1.54) is 48.7 Å². The molecule has 8 nitrogen and oxygen atoms in total. The van der Waals surface area contributed by atoms with Crippen molar-refractivity contribution in [2.24, 2.45) is 0 Å². The number of hydrogen-bond acceptors (Lipinski definition) is 6. The molecule has 0 saturated carbocycles. The Morgan fingerprint density at radius 3 is 1.79 bits per heavy atom. The molecule has 2 aromatic carbocycles. The van der Waals surface area contributed by atoms with E-state index >= 15 is 0 Å². The molecule has 38 heavy (non-hydrogen) atoms. The molecule has 0 saturated heterocycles. The van der Waals surface area contributed by atoms with E-state index in [0.29, 0.717) is 0 Å². The molecule has 2 heterocycles. The summed E-state index contributed by atoms with van der Waals surface area (Å²) in [5.41, 5.74) is -0.276. The van der Waals surface area contributed by atoms with Crippen LogP contribution in [0.4, 0.5) is 0 Å². The maximum atomic E-state index is 13.7. The zero-order chi connectivity index (χ0) is 27.7. The fraction of sp³-hybridized carbons (Fsp3) is 0.0769. The number of esters is 2. The Morgan fingerprint density at radius 1 is 0.763 bits per heavy atom. The van der Waals surface area contributed by atoms with Crippen LogP contribution < -0.4 is 9.47 Å². The molecular formula is C26H16Cl4N2O6. The van der Waals surface area contributed by atoms with Crippen LogP contribution >= 0.6 is 46.4 Å². The number of hydrogen-bond donors (Lipinski definition) is 1. The molecule has 0 fully saturated rings. The van der Waals surface area contributed by atoms with Crippen LogP contribution in [0.2, 0.25) is 20.4 Å². The molecule has 194 valence electrons. The number of benzene rings is 2. The number of rotatable bonds is 7. The van der Waals surface area contributed by atoms with Crippen LogP contribution in [0.25, 0.3) is 5.69 Å². The number of halogens is 4. The van der Waals surface area contributed by atoms with Gasteiger partial charge in [-0.05, 0) is 30.3 Å². The lowest BCUT2D eigenvalue weighted by atomic mass is 10.1. The van der Waals surface area contributed by atoms with Gasteiger partial charge in [0.1, 0.15) is 32.5 Å². The standard InChI is InChI=1S/C26H16Cl4N2O6/c1-12(33)37-18-9-5-3-7-14(18)23(35)17-11-16(27)26(30)32(17)22-20(28)25(29)31-21(22)24(36)15-8-4-6-10-19(15)38-13(2)34/h3-11,31H,1-2H3. The number of aromatic nitrogens is 2. The third-order valence-electron chi connectivity index (χ3n) is 5.22. The van der Waals surface area contributed by atoms with Crippen molar-refractivity contribution < 1.29 is 28.7 Å².